The van der Waals surface area contributed by atoms with Crippen molar-refractivity contribution in [3.05, 3.63) is 48.0 Å². The number of hydrogen-bond donors (Lipinski definition) is 0. The first-order chi connectivity index (χ1) is 13.2. The highest BCUT2D eigenvalue weighted by Crippen LogP contribution is 2.31. The molecule has 0 aromatic heterocycles. The second kappa shape index (κ2) is 8.90. The maximum absolute atomic E-state index is 14.3. The molecule has 0 aliphatic heterocycles. The Morgan fingerprint density at radius 2 is 1.64 bits per heavy atom. The van der Waals surface area contributed by atoms with Gasteiger partial charge in [-0.15, -0.1) is 0 Å². The van der Waals surface area contributed by atoms with Crippen molar-refractivity contribution in [2.45, 2.75) is 32.5 Å². The van der Waals surface area contributed by atoms with Crippen LogP contribution in [0.1, 0.15) is 20.3 Å². The van der Waals surface area contributed by atoms with E-state index in [2.05, 4.69) is 9.47 Å². The van der Waals surface area contributed by atoms with E-state index >= 15 is 0 Å². The van der Waals surface area contributed by atoms with Gasteiger partial charge >= 0.3 is 12.3 Å². The SMILES string of the molecule is CCOc1ccc(-c2ccc(OC(=O)OC(CC)C(F)(F)F)c(F)c2F)cc1. The van der Waals surface area contributed by atoms with Gasteiger partial charge in [-0.05, 0) is 43.2 Å². The zero-order valence-corrected chi connectivity index (χ0v) is 15.0. The summed E-state index contributed by atoms with van der Waals surface area (Å²) in [5.41, 5.74) is 0.208. The Kier molecular flexibility index (Phi) is 6.82. The monoisotopic (exact) mass is 404 g/mol. The Morgan fingerprint density at radius 3 is 2.18 bits per heavy atom. The molecule has 0 N–H and O–H groups in total. The van der Waals surface area contributed by atoms with Crippen LogP contribution in [0.4, 0.5) is 26.7 Å². The van der Waals surface area contributed by atoms with Crippen LogP contribution in [0.2, 0.25) is 0 Å². The molecule has 0 aliphatic carbocycles. The first-order valence-electron chi connectivity index (χ1n) is 8.33. The summed E-state index contributed by atoms with van der Waals surface area (Å²) in [6.07, 6.45) is -9.53. The molecule has 0 radical (unpaired) electrons. The fourth-order valence-corrected chi connectivity index (χ4v) is 2.34. The second-order valence-corrected chi connectivity index (χ2v) is 5.61. The fraction of sp³-hybridized carbons (Fsp3) is 0.316. The van der Waals surface area contributed by atoms with E-state index in [4.69, 9.17) is 4.74 Å². The highest BCUT2D eigenvalue weighted by atomic mass is 19.4. The summed E-state index contributed by atoms with van der Waals surface area (Å²) < 4.78 is 80.1. The van der Waals surface area contributed by atoms with Crippen LogP contribution in [0.15, 0.2) is 36.4 Å². The zero-order valence-electron chi connectivity index (χ0n) is 15.0. The average Bonchev–Trinajstić information content (AvgIpc) is 2.64. The van der Waals surface area contributed by atoms with E-state index in [0.717, 1.165) is 19.1 Å². The molecular weight excluding hydrogens is 387 g/mol. The molecular formula is C19H17F5O4. The van der Waals surface area contributed by atoms with E-state index in [1.165, 1.54) is 12.1 Å². The fourth-order valence-electron chi connectivity index (χ4n) is 2.34. The van der Waals surface area contributed by atoms with Gasteiger partial charge in [0.15, 0.2) is 11.6 Å². The first-order valence-corrected chi connectivity index (χ1v) is 8.33. The van der Waals surface area contributed by atoms with E-state index in [-0.39, 0.29) is 5.56 Å². The molecule has 28 heavy (non-hydrogen) atoms. The third kappa shape index (κ3) is 5.11. The van der Waals surface area contributed by atoms with Crippen molar-refractivity contribution in [1.82, 2.24) is 0 Å². The number of alkyl halides is 3. The zero-order chi connectivity index (χ0) is 20.9. The number of carbonyl (C=O) groups is 1. The molecule has 1 unspecified atom stereocenters. The van der Waals surface area contributed by atoms with Gasteiger partial charge in [-0.1, -0.05) is 19.1 Å². The Balaban J connectivity index is 2.18. The lowest BCUT2D eigenvalue weighted by Crippen LogP contribution is -2.34. The smallest absolute Gasteiger partial charge is 0.494 e. The summed E-state index contributed by atoms with van der Waals surface area (Å²) >= 11 is 0. The Morgan fingerprint density at radius 1 is 1.00 bits per heavy atom. The van der Waals surface area contributed by atoms with Gasteiger partial charge in [0.2, 0.25) is 11.9 Å². The number of hydrogen-bond acceptors (Lipinski definition) is 4. The molecule has 0 saturated heterocycles. The summed E-state index contributed by atoms with van der Waals surface area (Å²) in [6.45, 7) is 3.39. The minimum atomic E-state index is -4.80. The molecule has 0 saturated carbocycles. The van der Waals surface area contributed by atoms with Gasteiger partial charge in [-0.2, -0.15) is 17.6 Å². The van der Waals surface area contributed by atoms with Crippen molar-refractivity contribution < 1.29 is 41.0 Å². The van der Waals surface area contributed by atoms with Crippen LogP contribution < -0.4 is 9.47 Å². The predicted molar refractivity (Wildman–Crippen MR) is 90.2 cm³/mol. The van der Waals surface area contributed by atoms with E-state index in [9.17, 15) is 26.7 Å². The summed E-state index contributed by atoms with van der Waals surface area (Å²) in [5.74, 6) is -3.18. The summed E-state index contributed by atoms with van der Waals surface area (Å²) in [5, 5.41) is 0. The minimum Gasteiger partial charge on any atom is -0.494 e. The molecule has 0 fully saturated rings. The average molecular weight is 404 g/mol. The Bertz CT molecular complexity index is 818. The van der Waals surface area contributed by atoms with Crippen molar-refractivity contribution in [2.75, 3.05) is 6.61 Å². The van der Waals surface area contributed by atoms with Crippen molar-refractivity contribution in [3.63, 3.8) is 0 Å². The lowest BCUT2D eigenvalue weighted by atomic mass is 10.0. The van der Waals surface area contributed by atoms with Crippen LogP contribution in [0.5, 0.6) is 11.5 Å². The van der Waals surface area contributed by atoms with Gasteiger partial charge in [0.05, 0.1) is 6.61 Å². The van der Waals surface area contributed by atoms with Crippen molar-refractivity contribution in [2.24, 2.45) is 0 Å². The van der Waals surface area contributed by atoms with Gasteiger partial charge in [-0.3, -0.25) is 0 Å². The van der Waals surface area contributed by atoms with E-state index in [1.54, 1.807) is 19.1 Å². The van der Waals surface area contributed by atoms with E-state index in [1.807, 2.05) is 0 Å². The lowest BCUT2D eigenvalue weighted by Gasteiger charge is -2.18. The number of rotatable bonds is 6. The normalized spacial score (nSPS) is 12.4. The molecule has 2 aromatic carbocycles. The van der Waals surface area contributed by atoms with Crippen LogP contribution in [0, 0.1) is 11.6 Å². The van der Waals surface area contributed by atoms with Crippen LogP contribution in [0.3, 0.4) is 0 Å². The van der Waals surface area contributed by atoms with Crippen molar-refractivity contribution in [1.29, 1.82) is 0 Å². The molecule has 0 heterocycles. The van der Waals surface area contributed by atoms with Gasteiger partial charge < -0.3 is 14.2 Å². The molecule has 2 rings (SSSR count). The van der Waals surface area contributed by atoms with Crippen molar-refractivity contribution in [3.8, 4) is 22.6 Å². The van der Waals surface area contributed by atoms with Gasteiger partial charge in [-0.25, -0.2) is 9.18 Å². The van der Waals surface area contributed by atoms with Crippen molar-refractivity contribution >= 4 is 6.16 Å². The molecule has 152 valence electrons. The predicted octanol–water partition coefficient (Wildman–Crippen LogP) is 5.89. The number of ether oxygens (including phenoxy) is 3. The molecule has 4 nitrogen and oxygen atoms in total. The van der Waals surface area contributed by atoms with Crippen LogP contribution in [0.25, 0.3) is 11.1 Å². The van der Waals surface area contributed by atoms with Crippen LogP contribution in [-0.4, -0.2) is 25.0 Å². The summed E-state index contributed by atoms with van der Waals surface area (Å²) in [7, 11) is 0. The quantitative estimate of drug-likeness (QED) is 0.342. The number of carbonyl (C=O) groups excluding carboxylic acids is 1. The number of halogens is 5. The highest BCUT2D eigenvalue weighted by molar-refractivity contribution is 5.68. The Hall–Kier alpha value is -2.84. The van der Waals surface area contributed by atoms with Gasteiger partial charge in [0, 0.05) is 5.56 Å². The minimum absolute atomic E-state index is 0.122. The highest BCUT2D eigenvalue weighted by Gasteiger charge is 2.42. The van der Waals surface area contributed by atoms with E-state index in [0.29, 0.717) is 17.9 Å². The van der Waals surface area contributed by atoms with Crippen LogP contribution >= 0.6 is 0 Å². The molecule has 0 spiro atoms. The Labute approximate surface area is 157 Å². The maximum Gasteiger partial charge on any atom is 0.514 e. The first kappa shape index (κ1) is 21.5. The molecule has 9 heteroatoms. The largest absolute Gasteiger partial charge is 0.514 e. The summed E-state index contributed by atoms with van der Waals surface area (Å²) in [6, 6.07) is 8.22. The molecule has 0 amide bonds. The standard InChI is InChI=1S/C19H17F5O4/c1-3-15(19(22,23)24)28-18(25)27-14-10-9-13(16(20)17(14)21)11-5-7-12(8-6-11)26-4-2/h5-10,15H,3-4H2,1-2H3. The van der Waals surface area contributed by atoms with Crippen LogP contribution in [-0.2, 0) is 4.74 Å². The lowest BCUT2D eigenvalue weighted by molar-refractivity contribution is -0.207. The third-order valence-electron chi connectivity index (χ3n) is 3.69. The third-order valence-corrected chi connectivity index (χ3v) is 3.69. The van der Waals surface area contributed by atoms with E-state index < -0.39 is 42.2 Å². The summed E-state index contributed by atoms with van der Waals surface area (Å²) in [4.78, 5) is 11.5. The second-order valence-electron chi connectivity index (χ2n) is 5.61. The molecule has 0 aliphatic rings. The van der Waals surface area contributed by atoms with Gasteiger partial charge in [0.1, 0.15) is 5.75 Å². The molecule has 0 bridgehead atoms. The molecule has 2 aromatic rings. The maximum atomic E-state index is 14.3. The number of benzene rings is 2. The topological polar surface area (TPSA) is 44.8 Å². The molecule has 1 atom stereocenters. The van der Waals surface area contributed by atoms with Gasteiger partial charge in [0.25, 0.3) is 0 Å².